The third-order valence-electron chi connectivity index (χ3n) is 6.05. The minimum absolute atomic E-state index is 0.305. The van der Waals surface area contributed by atoms with Gasteiger partial charge in [-0.2, -0.15) is 0 Å². The number of likely N-dealkylation sites (tertiary alicyclic amines) is 1. The van der Waals surface area contributed by atoms with Crippen molar-refractivity contribution in [1.29, 1.82) is 0 Å². The van der Waals surface area contributed by atoms with Gasteiger partial charge in [0.15, 0.2) is 5.16 Å². The predicted octanol–water partition coefficient (Wildman–Crippen LogP) is 5.58. The molecule has 1 aliphatic rings. The first-order valence-corrected chi connectivity index (χ1v) is 12.7. The Labute approximate surface area is 210 Å². The molecule has 0 unspecified atom stereocenters. The molecule has 2 heterocycles. The molecule has 0 saturated carbocycles. The molecule has 34 heavy (non-hydrogen) atoms. The summed E-state index contributed by atoms with van der Waals surface area (Å²) in [5, 5.41) is 10.8. The number of piperidine rings is 1. The Balaban J connectivity index is 1.36. The number of halogens is 1. The van der Waals surface area contributed by atoms with Crippen molar-refractivity contribution in [2.75, 3.05) is 20.2 Å². The van der Waals surface area contributed by atoms with Gasteiger partial charge in [0, 0.05) is 29.8 Å². The number of thioether (sulfide) groups is 1. The fourth-order valence-electron chi connectivity index (χ4n) is 4.26. The molecule has 1 fully saturated rings. The number of allylic oxidation sites excluding steroid dienone is 1. The van der Waals surface area contributed by atoms with Crippen LogP contribution in [0.2, 0.25) is 5.02 Å². The molecule has 0 bridgehead atoms. The number of methoxy groups -OCH3 is 1. The number of carbonyl (C=O) groups is 1. The molecule has 0 atom stereocenters. The van der Waals surface area contributed by atoms with Crippen LogP contribution in [0.15, 0.2) is 66.3 Å². The summed E-state index contributed by atoms with van der Waals surface area (Å²) >= 11 is 7.80. The summed E-state index contributed by atoms with van der Waals surface area (Å²) in [5.74, 6) is 1.92. The monoisotopic (exact) mass is 496 g/mol. The number of hydrogen-bond donors (Lipinski definition) is 0. The third-order valence-corrected chi connectivity index (χ3v) is 7.32. The van der Waals surface area contributed by atoms with Crippen LogP contribution in [-0.2, 0) is 23.6 Å². The van der Waals surface area contributed by atoms with Crippen LogP contribution in [0.1, 0.15) is 46.1 Å². The highest BCUT2D eigenvalue weighted by molar-refractivity contribution is 7.98. The standard InChI is InChI=1S/C26H29ClN4O2S/c1-3-13-31-24(28-29-26(31)34-18-20-5-4-6-23(27)16-20)21-11-14-30(15-12-21)17-19-7-9-22(10-8-19)25(32)33-2/h3-10,16,21H,1,11-15,17-18H2,2H3. The van der Waals surface area contributed by atoms with Crippen LogP contribution in [-0.4, -0.2) is 45.8 Å². The maximum absolute atomic E-state index is 11.6. The highest BCUT2D eigenvalue weighted by Gasteiger charge is 2.26. The van der Waals surface area contributed by atoms with Crippen LogP contribution in [0.5, 0.6) is 0 Å². The largest absolute Gasteiger partial charge is 0.465 e. The van der Waals surface area contributed by atoms with E-state index < -0.39 is 0 Å². The van der Waals surface area contributed by atoms with Crippen molar-refractivity contribution in [3.63, 3.8) is 0 Å². The first-order valence-electron chi connectivity index (χ1n) is 11.4. The molecule has 0 radical (unpaired) electrons. The number of rotatable bonds is 9. The van der Waals surface area contributed by atoms with E-state index in [2.05, 4.69) is 32.3 Å². The minimum atomic E-state index is -0.305. The van der Waals surface area contributed by atoms with Crippen molar-refractivity contribution in [1.82, 2.24) is 19.7 Å². The van der Waals surface area contributed by atoms with Gasteiger partial charge in [-0.05, 0) is 61.3 Å². The van der Waals surface area contributed by atoms with Gasteiger partial charge in [-0.25, -0.2) is 4.79 Å². The van der Waals surface area contributed by atoms with Crippen LogP contribution in [0.4, 0.5) is 0 Å². The van der Waals surface area contributed by atoms with Gasteiger partial charge in [0.25, 0.3) is 0 Å². The molecule has 3 aromatic rings. The zero-order valence-corrected chi connectivity index (χ0v) is 20.9. The van der Waals surface area contributed by atoms with E-state index in [1.807, 2.05) is 48.5 Å². The zero-order valence-electron chi connectivity index (χ0n) is 19.3. The number of ether oxygens (including phenoxy) is 1. The summed E-state index contributed by atoms with van der Waals surface area (Å²) in [6.07, 6.45) is 3.98. The number of nitrogens with zero attached hydrogens (tertiary/aromatic N) is 4. The highest BCUT2D eigenvalue weighted by atomic mass is 35.5. The van der Waals surface area contributed by atoms with Crippen molar-refractivity contribution >= 4 is 29.3 Å². The third kappa shape index (κ3) is 6.09. The van der Waals surface area contributed by atoms with E-state index in [-0.39, 0.29) is 5.97 Å². The second kappa shape index (κ2) is 11.7. The van der Waals surface area contributed by atoms with Crippen molar-refractivity contribution in [2.45, 2.75) is 42.8 Å². The molecular weight excluding hydrogens is 468 g/mol. The maximum Gasteiger partial charge on any atom is 0.337 e. The minimum Gasteiger partial charge on any atom is -0.465 e. The molecule has 0 aliphatic carbocycles. The highest BCUT2D eigenvalue weighted by Crippen LogP contribution is 2.31. The summed E-state index contributed by atoms with van der Waals surface area (Å²) in [6, 6.07) is 15.6. The number of carbonyl (C=O) groups excluding carboxylic acids is 1. The van der Waals surface area contributed by atoms with E-state index in [4.69, 9.17) is 16.3 Å². The van der Waals surface area contributed by atoms with E-state index in [1.54, 1.807) is 11.8 Å². The van der Waals surface area contributed by atoms with Gasteiger partial charge in [-0.1, -0.05) is 53.7 Å². The normalized spacial score (nSPS) is 14.8. The molecule has 4 rings (SSSR count). The molecule has 1 saturated heterocycles. The van der Waals surface area contributed by atoms with Gasteiger partial charge in [-0.3, -0.25) is 4.90 Å². The summed E-state index contributed by atoms with van der Waals surface area (Å²) in [4.78, 5) is 14.1. The SMILES string of the molecule is C=CCn1c(SCc2cccc(Cl)c2)nnc1C1CCN(Cc2ccc(C(=O)OC)cc2)CC1. The molecule has 1 aliphatic heterocycles. The molecule has 178 valence electrons. The summed E-state index contributed by atoms with van der Waals surface area (Å²) in [7, 11) is 1.40. The first-order chi connectivity index (χ1) is 16.6. The summed E-state index contributed by atoms with van der Waals surface area (Å²) < 4.78 is 6.98. The van der Waals surface area contributed by atoms with Gasteiger partial charge < -0.3 is 9.30 Å². The smallest absolute Gasteiger partial charge is 0.337 e. The van der Waals surface area contributed by atoms with E-state index in [0.29, 0.717) is 18.0 Å². The van der Waals surface area contributed by atoms with Crippen LogP contribution < -0.4 is 0 Å². The van der Waals surface area contributed by atoms with E-state index in [9.17, 15) is 4.79 Å². The van der Waals surface area contributed by atoms with Gasteiger partial charge in [0.05, 0.1) is 12.7 Å². The van der Waals surface area contributed by atoms with E-state index in [0.717, 1.165) is 54.2 Å². The van der Waals surface area contributed by atoms with E-state index in [1.165, 1.54) is 18.2 Å². The van der Waals surface area contributed by atoms with Crippen molar-refractivity contribution in [3.8, 4) is 0 Å². The molecular formula is C26H29ClN4O2S. The molecule has 2 aromatic carbocycles. The molecule has 8 heteroatoms. The summed E-state index contributed by atoms with van der Waals surface area (Å²) in [5.41, 5.74) is 2.94. The van der Waals surface area contributed by atoms with Crippen molar-refractivity contribution in [3.05, 3.63) is 88.7 Å². The summed E-state index contributed by atoms with van der Waals surface area (Å²) in [6.45, 7) is 7.50. The lowest BCUT2D eigenvalue weighted by molar-refractivity contribution is 0.0600. The number of benzene rings is 2. The Kier molecular flexibility index (Phi) is 8.43. The average Bonchev–Trinajstić information content (AvgIpc) is 3.26. The van der Waals surface area contributed by atoms with Crippen molar-refractivity contribution < 1.29 is 9.53 Å². The second-order valence-corrected chi connectivity index (χ2v) is 9.78. The predicted molar refractivity (Wildman–Crippen MR) is 136 cm³/mol. The first kappa shape index (κ1) is 24.5. The fourth-order valence-corrected chi connectivity index (χ4v) is 5.37. The Morgan fingerprint density at radius 1 is 1.18 bits per heavy atom. The Bertz CT molecular complexity index is 1120. The average molecular weight is 497 g/mol. The number of hydrogen-bond acceptors (Lipinski definition) is 6. The van der Waals surface area contributed by atoms with Crippen LogP contribution in [0.3, 0.4) is 0 Å². The van der Waals surface area contributed by atoms with Crippen LogP contribution >= 0.6 is 23.4 Å². The molecule has 0 spiro atoms. The Morgan fingerprint density at radius 2 is 1.94 bits per heavy atom. The number of esters is 1. The Hall–Kier alpha value is -2.61. The topological polar surface area (TPSA) is 60.2 Å². The fraction of sp³-hybridized carbons (Fsp3) is 0.346. The van der Waals surface area contributed by atoms with Gasteiger partial charge >= 0.3 is 5.97 Å². The second-order valence-electron chi connectivity index (χ2n) is 8.40. The Morgan fingerprint density at radius 3 is 2.62 bits per heavy atom. The lowest BCUT2D eigenvalue weighted by atomic mass is 9.95. The molecule has 6 nitrogen and oxygen atoms in total. The lowest BCUT2D eigenvalue weighted by Crippen LogP contribution is -2.33. The van der Waals surface area contributed by atoms with Crippen molar-refractivity contribution in [2.24, 2.45) is 0 Å². The molecule has 1 aromatic heterocycles. The van der Waals surface area contributed by atoms with Gasteiger partial charge in [0.2, 0.25) is 0 Å². The lowest BCUT2D eigenvalue weighted by Gasteiger charge is -2.31. The van der Waals surface area contributed by atoms with Gasteiger partial charge in [-0.15, -0.1) is 16.8 Å². The van der Waals surface area contributed by atoms with Crippen LogP contribution in [0.25, 0.3) is 0 Å². The van der Waals surface area contributed by atoms with E-state index >= 15 is 0 Å². The maximum atomic E-state index is 11.6. The van der Waals surface area contributed by atoms with Crippen LogP contribution in [0, 0.1) is 0 Å². The molecule has 0 N–H and O–H groups in total. The molecule has 0 amide bonds. The van der Waals surface area contributed by atoms with Gasteiger partial charge in [0.1, 0.15) is 5.82 Å². The quantitative estimate of drug-likeness (QED) is 0.219. The number of aromatic nitrogens is 3. The zero-order chi connectivity index (χ0) is 23.9.